The van der Waals surface area contributed by atoms with Crippen molar-refractivity contribution in [2.45, 2.75) is 39.7 Å². The zero-order valence-corrected chi connectivity index (χ0v) is 12.1. The molecule has 1 rings (SSSR count). The van der Waals surface area contributed by atoms with Crippen LogP contribution in [0.25, 0.3) is 0 Å². The topological polar surface area (TPSA) is 64.3 Å². The monoisotopic (exact) mass is 256 g/mol. The van der Waals surface area contributed by atoms with Crippen molar-refractivity contribution in [1.82, 2.24) is 5.32 Å². The maximum Gasteiger partial charge on any atom is 0.223 e. The summed E-state index contributed by atoms with van der Waals surface area (Å²) in [6.45, 7) is 7.76. The van der Waals surface area contributed by atoms with Crippen molar-refractivity contribution in [2.75, 3.05) is 20.3 Å². The second kappa shape index (κ2) is 7.10. The van der Waals surface area contributed by atoms with Crippen molar-refractivity contribution in [1.29, 1.82) is 0 Å². The number of carbonyl (C=O) groups is 1. The van der Waals surface area contributed by atoms with Crippen molar-refractivity contribution < 1.29 is 9.53 Å². The second-order valence-electron chi connectivity index (χ2n) is 6.00. The van der Waals surface area contributed by atoms with Crippen molar-refractivity contribution in [2.24, 2.45) is 29.4 Å². The number of ether oxygens (including phenoxy) is 1. The first kappa shape index (κ1) is 15.4. The molecular weight excluding hydrogens is 228 g/mol. The number of amides is 1. The molecule has 106 valence electrons. The average molecular weight is 256 g/mol. The molecule has 1 amide bonds. The minimum Gasteiger partial charge on any atom is -0.384 e. The third-order valence-electron chi connectivity index (χ3n) is 4.10. The Hall–Kier alpha value is -0.610. The summed E-state index contributed by atoms with van der Waals surface area (Å²) >= 11 is 0. The summed E-state index contributed by atoms with van der Waals surface area (Å²) in [7, 11) is 1.68. The molecule has 0 saturated heterocycles. The molecule has 1 aliphatic carbocycles. The summed E-state index contributed by atoms with van der Waals surface area (Å²) in [5, 5.41) is 3.03. The Labute approximate surface area is 111 Å². The van der Waals surface area contributed by atoms with E-state index in [1.807, 2.05) is 0 Å². The van der Waals surface area contributed by atoms with Gasteiger partial charge in [0.05, 0.1) is 6.61 Å². The van der Waals surface area contributed by atoms with Crippen LogP contribution in [0.15, 0.2) is 0 Å². The number of rotatable bonds is 5. The maximum absolute atomic E-state index is 12.2. The quantitative estimate of drug-likeness (QED) is 0.781. The molecule has 5 atom stereocenters. The first-order valence-corrected chi connectivity index (χ1v) is 6.97. The lowest BCUT2D eigenvalue weighted by atomic mass is 9.72. The minimum atomic E-state index is 0.0749. The summed E-state index contributed by atoms with van der Waals surface area (Å²) in [6.07, 6.45) is 1.86. The second-order valence-corrected chi connectivity index (χ2v) is 6.00. The molecule has 0 spiro atoms. The number of hydrogen-bond acceptors (Lipinski definition) is 3. The predicted molar refractivity (Wildman–Crippen MR) is 73.1 cm³/mol. The van der Waals surface area contributed by atoms with Gasteiger partial charge in [-0.05, 0) is 30.6 Å². The molecule has 5 unspecified atom stereocenters. The van der Waals surface area contributed by atoms with Gasteiger partial charge >= 0.3 is 0 Å². The SMILES string of the molecule is COCC(C)CNC(=O)C1CC(N)C(C)CC1C. The molecule has 0 aromatic heterocycles. The Morgan fingerprint density at radius 2 is 2.06 bits per heavy atom. The van der Waals surface area contributed by atoms with E-state index in [1.54, 1.807) is 7.11 Å². The van der Waals surface area contributed by atoms with Crippen LogP contribution >= 0.6 is 0 Å². The number of carbonyl (C=O) groups excluding carboxylic acids is 1. The van der Waals surface area contributed by atoms with Crippen molar-refractivity contribution in [3.05, 3.63) is 0 Å². The van der Waals surface area contributed by atoms with Crippen LogP contribution in [-0.4, -0.2) is 32.2 Å². The zero-order valence-electron chi connectivity index (χ0n) is 12.1. The fourth-order valence-corrected chi connectivity index (χ4v) is 2.80. The third kappa shape index (κ3) is 4.25. The van der Waals surface area contributed by atoms with Crippen LogP contribution in [0.4, 0.5) is 0 Å². The first-order chi connectivity index (χ1) is 8.45. The van der Waals surface area contributed by atoms with Gasteiger partial charge in [-0.15, -0.1) is 0 Å². The summed E-state index contributed by atoms with van der Waals surface area (Å²) in [6, 6.07) is 0.161. The van der Waals surface area contributed by atoms with E-state index in [2.05, 4.69) is 26.1 Å². The van der Waals surface area contributed by atoms with Gasteiger partial charge in [-0.3, -0.25) is 4.79 Å². The van der Waals surface area contributed by atoms with Gasteiger partial charge in [0.15, 0.2) is 0 Å². The van der Waals surface area contributed by atoms with Gasteiger partial charge in [0.25, 0.3) is 0 Å². The van der Waals surface area contributed by atoms with Gasteiger partial charge < -0.3 is 15.8 Å². The third-order valence-corrected chi connectivity index (χ3v) is 4.10. The van der Waals surface area contributed by atoms with Crippen molar-refractivity contribution in [3.8, 4) is 0 Å². The molecule has 1 fully saturated rings. The molecular formula is C14H28N2O2. The lowest BCUT2D eigenvalue weighted by Gasteiger charge is -2.36. The Kier molecular flexibility index (Phi) is 6.09. The lowest BCUT2D eigenvalue weighted by molar-refractivity contribution is -0.128. The van der Waals surface area contributed by atoms with Crippen LogP contribution in [0.2, 0.25) is 0 Å². The van der Waals surface area contributed by atoms with Crippen LogP contribution in [0, 0.1) is 23.7 Å². The largest absolute Gasteiger partial charge is 0.384 e. The first-order valence-electron chi connectivity index (χ1n) is 6.97. The maximum atomic E-state index is 12.2. The number of nitrogens with one attached hydrogen (secondary N) is 1. The highest BCUT2D eigenvalue weighted by Crippen LogP contribution is 2.32. The molecule has 0 aromatic carbocycles. The zero-order chi connectivity index (χ0) is 13.7. The number of hydrogen-bond donors (Lipinski definition) is 2. The molecule has 0 bridgehead atoms. The Morgan fingerprint density at radius 1 is 1.39 bits per heavy atom. The normalized spacial score (nSPS) is 34.1. The van der Waals surface area contributed by atoms with Crippen molar-refractivity contribution >= 4 is 5.91 Å². The van der Waals surface area contributed by atoms with E-state index in [1.165, 1.54) is 0 Å². The molecule has 18 heavy (non-hydrogen) atoms. The highest BCUT2D eigenvalue weighted by atomic mass is 16.5. The summed E-state index contributed by atoms with van der Waals surface area (Å²) < 4.78 is 5.06. The molecule has 0 aliphatic heterocycles. The molecule has 0 radical (unpaired) electrons. The highest BCUT2D eigenvalue weighted by molar-refractivity contribution is 5.79. The van der Waals surface area contributed by atoms with Gasteiger partial charge in [0.2, 0.25) is 5.91 Å². The van der Waals surface area contributed by atoms with Crippen LogP contribution in [0.3, 0.4) is 0 Å². The Bertz CT molecular complexity index is 271. The van der Waals surface area contributed by atoms with E-state index in [4.69, 9.17) is 10.5 Å². The highest BCUT2D eigenvalue weighted by Gasteiger charge is 2.34. The summed E-state index contributed by atoms with van der Waals surface area (Å²) in [5.41, 5.74) is 6.07. The Morgan fingerprint density at radius 3 is 2.67 bits per heavy atom. The molecule has 4 nitrogen and oxygen atoms in total. The Balaban J connectivity index is 2.41. The van der Waals surface area contributed by atoms with Crippen LogP contribution < -0.4 is 11.1 Å². The van der Waals surface area contributed by atoms with E-state index in [9.17, 15) is 4.79 Å². The molecule has 1 aliphatic rings. The number of methoxy groups -OCH3 is 1. The van der Waals surface area contributed by atoms with Crippen LogP contribution in [0.1, 0.15) is 33.6 Å². The molecule has 0 aromatic rings. The fourth-order valence-electron chi connectivity index (χ4n) is 2.80. The fraction of sp³-hybridized carbons (Fsp3) is 0.929. The smallest absolute Gasteiger partial charge is 0.223 e. The molecule has 3 N–H and O–H groups in total. The van der Waals surface area contributed by atoms with Gasteiger partial charge in [-0.2, -0.15) is 0 Å². The summed E-state index contributed by atoms with van der Waals surface area (Å²) in [4.78, 5) is 12.2. The number of nitrogens with two attached hydrogens (primary N) is 1. The van der Waals surface area contributed by atoms with Gasteiger partial charge in [0.1, 0.15) is 0 Å². The van der Waals surface area contributed by atoms with E-state index < -0.39 is 0 Å². The van der Waals surface area contributed by atoms with Gasteiger partial charge in [-0.1, -0.05) is 20.8 Å². The van der Waals surface area contributed by atoms with E-state index >= 15 is 0 Å². The van der Waals surface area contributed by atoms with E-state index in [0.29, 0.717) is 30.9 Å². The van der Waals surface area contributed by atoms with Gasteiger partial charge in [-0.25, -0.2) is 0 Å². The molecule has 1 saturated carbocycles. The summed E-state index contributed by atoms with van der Waals surface area (Å²) in [5.74, 6) is 1.54. The average Bonchev–Trinajstić information content (AvgIpc) is 2.31. The standard InChI is InChI=1S/C14H28N2O2/c1-9(8-18-4)7-16-14(17)12-6-13(15)11(3)5-10(12)2/h9-13H,5-8,15H2,1-4H3,(H,16,17). The predicted octanol–water partition coefficient (Wildman–Crippen LogP) is 1.39. The lowest BCUT2D eigenvalue weighted by Crippen LogP contribution is -2.46. The molecule has 0 heterocycles. The van der Waals surface area contributed by atoms with Crippen LogP contribution in [-0.2, 0) is 9.53 Å². The van der Waals surface area contributed by atoms with E-state index in [0.717, 1.165) is 12.8 Å². The minimum absolute atomic E-state index is 0.0749. The van der Waals surface area contributed by atoms with Crippen molar-refractivity contribution in [3.63, 3.8) is 0 Å². The van der Waals surface area contributed by atoms with Crippen LogP contribution in [0.5, 0.6) is 0 Å². The van der Waals surface area contributed by atoms with Gasteiger partial charge in [0, 0.05) is 25.6 Å². The molecule has 4 heteroatoms. The van der Waals surface area contributed by atoms with E-state index in [-0.39, 0.29) is 17.9 Å².